The number of nitrogens with two attached hydrogens (primary N) is 1. The molecule has 2 N–H and O–H groups in total. The Morgan fingerprint density at radius 1 is 1.08 bits per heavy atom. The molecule has 0 saturated carbocycles. The minimum atomic E-state index is -0.699. The van der Waals surface area contributed by atoms with E-state index in [0.29, 0.717) is 28.2 Å². The number of carbonyl (C=O) groups is 2. The smallest absolute Gasteiger partial charge is 0.318 e. The highest BCUT2D eigenvalue weighted by molar-refractivity contribution is 9.10. The van der Waals surface area contributed by atoms with Gasteiger partial charge >= 0.3 is 5.97 Å². The fraction of sp³-hybridized carbons (Fsp3) is 0.263. The van der Waals surface area contributed by atoms with Crippen LogP contribution in [0.2, 0.25) is 0 Å². The normalized spacial score (nSPS) is 15.6. The lowest BCUT2D eigenvalue weighted by atomic mass is 9.87. The minimum absolute atomic E-state index is 0.314. The van der Waals surface area contributed by atoms with Crippen LogP contribution in [0.1, 0.15) is 48.2 Å². The predicted octanol–water partition coefficient (Wildman–Crippen LogP) is 4.13. The molecule has 0 fully saturated rings. The molecule has 5 nitrogen and oxygen atoms in total. The van der Waals surface area contributed by atoms with Gasteiger partial charge in [0.2, 0.25) is 5.91 Å². The van der Waals surface area contributed by atoms with Crippen molar-refractivity contribution in [3.8, 4) is 11.5 Å². The highest BCUT2D eigenvalue weighted by Gasteiger charge is 2.36. The van der Waals surface area contributed by atoms with E-state index < -0.39 is 23.4 Å². The molecule has 0 spiro atoms. The SMILES string of the molecule is CC(C)(C)OC(=O)C1c2cc(Br)ccc2Oc2ccc(C(N)=O)cc21. The monoisotopic (exact) mass is 403 g/mol. The molecule has 1 atom stereocenters. The Morgan fingerprint density at radius 3 is 2.28 bits per heavy atom. The second-order valence-corrected chi connectivity index (χ2v) is 7.78. The third kappa shape index (κ3) is 3.54. The molecule has 0 aliphatic carbocycles. The van der Waals surface area contributed by atoms with Crippen molar-refractivity contribution in [2.45, 2.75) is 32.3 Å². The number of fused-ring (bicyclic) bond motifs is 2. The fourth-order valence-corrected chi connectivity index (χ4v) is 3.14. The maximum absolute atomic E-state index is 12.9. The molecule has 1 aliphatic heterocycles. The van der Waals surface area contributed by atoms with Crippen LogP contribution in [0.15, 0.2) is 40.9 Å². The molecule has 0 bridgehead atoms. The van der Waals surface area contributed by atoms with Crippen LogP contribution >= 0.6 is 15.9 Å². The standard InChI is InChI=1S/C19H18BrNO4/c1-19(2,3)25-18(23)16-12-8-10(17(21)22)4-6-14(12)24-15-7-5-11(20)9-13(15)16/h4-9,16H,1-3H3,(H2,21,22). The quantitative estimate of drug-likeness (QED) is 0.764. The average Bonchev–Trinajstić information content (AvgIpc) is 2.50. The van der Waals surface area contributed by atoms with Gasteiger partial charge in [0, 0.05) is 21.2 Å². The summed E-state index contributed by atoms with van der Waals surface area (Å²) in [6, 6.07) is 10.3. The minimum Gasteiger partial charge on any atom is -0.459 e. The van der Waals surface area contributed by atoms with Crippen LogP contribution < -0.4 is 10.5 Å². The highest BCUT2D eigenvalue weighted by atomic mass is 79.9. The third-order valence-corrected chi connectivity index (χ3v) is 4.24. The number of ether oxygens (including phenoxy) is 2. The summed E-state index contributed by atoms with van der Waals surface area (Å²) in [7, 11) is 0. The molecule has 130 valence electrons. The van der Waals surface area contributed by atoms with Gasteiger partial charge in [0.05, 0.1) is 0 Å². The number of benzene rings is 2. The molecule has 0 aromatic heterocycles. The van der Waals surface area contributed by atoms with E-state index >= 15 is 0 Å². The van der Waals surface area contributed by atoms with Gasteiger partial charge in [0.15, 0.2) is 0 Å². The van der Waals surface area contributed by atoms with Gasteiger partial charge in [-0.25, -0.2) is 0 Å². The molecule has 25 heavy (non-hydrogen) atoms. The molecule has 6 heteroatoms. The molecule has 1 amide bonds. The zero-order valence-electron chi connectivity index (χ0n) is 14.1. The van der Waals surface area contributed by atoms with Crippen molar-refractivity contribution in [3.63, 3.8) is 0 Å². The van der Waals surface area contributed by atoms with Gasteiger partial charge in [-0.1, -0.05) is 15.9 Å². The Balaban J connectivity index is 2.17. The Kier molecular flexibility index (Phi) is 4.33. The second kappa shape index (κ2) is 6.19. The second-order valence-electron chi connectivity index (χ2n) is 6.87. The Labute approximate surface area is 154 Å². The first-order valence-electron chi connectivity index (χ1n) is 7.79. The van der Waals surface area contributed by atoms with Crippen LogP contribution in [0.4, 0.5) is 0 Å². The number of esters is 1. The summed E-state index contributed by atoms with van der Waals surface area (Å²) in [4.78, 5) is 24.5. The van der Waals surface area contributed by atoms with Crippen LogP contribution in [-0.4, -0.2) is 17.5 Å². The molecule has 3 rings (SSSR count). The van der Waals surface area contributed by atoms with E-state index in [2.05, 4.69) is 15.9 Å². The molecule has 1 aliphatic rings. The van der Waals surface area contributed by atoms with Crippen LogP contribution in [0, 0.1) is 0 Å². The van der Waals surface area contributed by atoms with Gasteiger partial charge in [0.25, 0.3) is 0 Å². The summed E-state index contributed by atoms with van der Waals surface area (Å²) >= 11 is 3.42. The van der Waals surface area contributed by atoms with Crippen molar-refractivity contribution in [3.05, 3.63) is 57.6 Å². The van der Waals surface area contributed by atoms with Gasteiger partial charge in [-0.15, -0.1) is 0 Å². The number of halogens is 1. The molecular weight excluding hydrogens is 386 g/mol. The zero-order valence-corrected chi connectivity index (χ0v) is 15.7. The largest absolute Gasteiger partial charge is 0.459 e. The first kappa shape index (κ1) is 17.5. The van der Waals surface area contributed by atoms with E-state index in [1.807, 2.05) is 32.9 Å². The fourth-order valence-electron chi connectivity index (χ4n) is 2.76. The van der Waals surface area contributed by atoms with Crippen molar-refractivity contribution in [2.75, 3.05) is 0 Å². The number of hydrogen-bond donors (Lipinski definition) is 1. The first-order chi connectivity index (χ1) is 11.7. The van der Waals surface area contributed by atoms with Gasteiger partial charge in [-0.05, 0) is 57.2 Å². The molecule has 0 radical (unpaired) electrons. The van der Waals surface area contributed by atoms with Crippen molar-refractivity contribution < 1.29 is 19.1 Å². The number of amides is 1. The Hall–Kier alpha value is -2.34. The topological polar surface area (TPSA) is 78.6 Å². The predicted molar refractivity (Wildman–Crippen MR) is 96.9 cm³/mol. The summed E-state index contributed by atoms with van der Waals surface area (Å²) < 4.78 is 12.3. The van der Waals surface area contributed by atoms with Gasteiger partial charge < -0.3 is 15.2 Å². The van der Waals surface area contributed by atoms with E-state index in [1.54, 1.807) is 24.3 Å². The third-order valence-electron chi connectivity index (χ3n) is 3.75. The van der Waals surface area contributed by atoms with Gasteiger partial charge in [-0.3, -0.25) is 9.59 Å². The molecule has 0 saturated heterocycles. The molecule has 2 aromatic carbocycles. The van der Waals surface area contributed by atoms with Crippen molar-refractivity contribution in [2.24, 2.45) is 5.73 Å². The lowest BCUT2D eigenvalue weighted by molar-refractivity contribution is -0.155. The molecular formula is C19H18BrNO4. The molecule has 1 unspecified atom stereocenters. The van der Waals surface area contributed by atoms with Crippen LogP contribution in [0.5, 0.6) is 11.5 Å². The molecule has 1 heterocycles. The van der Waals surface area contributed by atoms with Crippen LogP contribution in [-0.2, 0) is 9.53 Å². The van der Waals surface area contributed by atoms with Gasteiger partial charge in [0.1, 0.15) is 23.0 Å². The summed E-state index contributed by atoms with van der Waals surface area (Å²) in [5.41, 5.74) is 6.31. The maximum Gasteiger partial charge on any atom is 0.318 e. The van der Waals surface area contributed by atoms with Crippen molar-refractivity contribution in [1.29, 1.82) is 0 Å². The van der Waals surface area contributed by atoms with E-state index in [4.69, 9.17) is 15.2 Å². The summed E-state index contributed by atoms with van der Waals surface area (Å²) in [6.45, 7) is 5.44. The summed E-state index contributed by atoms with van der Waals surface area (Å²) in [6.07, 6.45) is 0. The first-order valence-corrected chi connectivity index (χ1v) is 8.59. The number of rotatable bonds is 2. The van der Waals surface area contributed by atoms with Crippen LogP contribution in [0.3, 0.4) is 0 Å². The van der Waals surface area contributed by atoms with Gasteiger partial charge in [-0.2, -0.15) is 0 Å². The maximum atomic E-state index is 12.9. The van der Waals surface area contributed by atoms with E-state index in [-0.39, 0.29) is 0 Å². The average molecular weight is 404 g/mol. The lowest BCUT2D eigenvalue weighted by Gasteiger charge is -2.30. The summed E-state index contributed by atoms with van der Waals surface area (Å²) in [5, 5.41) is 0. The van der Waals surface area contributed by atoms with E-state index in [1.165, 1.54) is 0 Å². The highest BCUT2D eigenvalue weighted by Crippen LogP contribution is 2.46. The number of carbonyl (C=O) groups excluding carboxylic acids is 2. The van der Waals surface area contributed by atoms with Crippen LogP contribution in [0.25, 0.3) is 0 Å². The number of primary amides is 1. The zero-order chi connectivity index (χ0) is 18.4. The molecule has 2 aromatic rings. The lowest BCUT2D eigenvalue weighted by Crippen LogP contribution is -2.30. The Bertz CT molecular complexity index is 870. The number of hydrogen-bond acceptors (Lipinski definition) is 4. The van der Waals surface area contributed by atoms with Crippen molar-refractivity contribution in [1.82, 2.24) is 0 Å². The van der Waals surface area contributed by atoms with Crippen molar-refractivity contribution >= 4 is 27.8 Å². The van der Waals surface area contributed by atoms with E-state index in [9.17, 15) is 9.59 Å². The summed E-state index contributed by atoms with van der Waals surface area (Å²) in [5.74, 6) is -0.576. The Morgan fingerprint density at radius 2 is 1.68 bits per heavy atom. The van der Waals surface area contributed by atoms with E-state index in [0.717, 1.165) is 4.47 Å².